The maximum absolute atomic E-state index is 12.2. The molecule has 2 N–H and O–H groups in total. The summed E-state index contributed by atoms with van der Waals surface area (Å²) < 4.78 is 0. The van der Waals surface area contributed by atoms with Gasteiger partial charge in [-0.3, -0.25) is 4.79 Å². The van der Waals surface area contributed by atoms with Gasteiger partial charge >= 0.3 is 0 Å². The zero-order chi connectivity index (χ0) is 17.7. The Hall–Kier alpha value is -2.29. The lowest BCUT2D eigenvalue weighted by molar-refractivity contribution is -0.114. The van der Waals surface area contributed by atoms with E-state index in [4.69, 9.17) is 0 Å². The van der Waals surface area contributed by atoms with E-state index in [2.05, 4.69) is 63.5 Å². The zero-order valence-electron chi connectivity index (χ0n) is 15.3. The van der Waals surface area contributed by atoms with Crippen LogP contribution in [0.5, 0.6) is 0 Å². The van der Waals surface area contributed by atoms with Gasteiger partial charge in [0.15, 0.2) is 0 Å². The molecule has 2 aromatic rings. The van der Waals surface area contributed by atoms with Crippen LogP contribution in [0.2, 0.25) is 0 Å². The molecule has 0 spiro atoms. The molecule has 3 heteroatoms. The number of rotatable bonds is 5. The van der Waals surface area contributed by atoms with Gasteiger partial charge < -0.3 is 10.6 Å². The van der Waals surface area contributed by atoms with Crippen molar-refractivity contribution in [2.45, 2.75) is 46.0 Å². The number of nitrogens with one attached hydrogen (secondary N) is 2. The molecule has 0 aliphatic heterocycles. The van der Waals surface area contributed by atoms with Gasteiger partial charge in [-0.25, -0.2) is 0 Å². The van der Waals surface area contributed by atoms with Gasteiger partial charge in [0.1, 0.15) is 0 Å². The Kier molecular flexibility index (Phi) is 5.66. The monoisotopic (exact) mass is 324 g/mol. The van der Waals surface area contributed by atoms with Gasteiger partial charge in [-0.05, 0) is 40.7 Å². The lowest BCUT2D eigenvalue weighted by atomic mass is 9.87. The second-order valence-electron chi connectivity index (χ2n) is 7.47. The molecule has 128 valence electrons. The maximum atomic E-state index is 12.2. The van der Waals surface area contributed by atoms with E-state index in [-0.39, 0.29) is 17.9 Å². The van der Waals surface area contributed by atoms with Gasteiger partial charge in [-0.1, -0.05) is 65.0 Å². The van der Waals surface area contributed by atoms with E-state index < -0.39 is 0 Å². The molecule has 0 aromatic heterocycles. The Morgan fingerprint density at radius 3 is 2.21 bits per heavy atom. The lowest BCUT2D eigenvalue weighted by Crippen LogP contribution is -2.22. The summed E-state index contributed by atoms with van der Waals surface area (Å²) in [7, 11) is 0. The molecule has 2 aromatic carbocycles. The Morgan fingerprint density at radius 2 is 1.62 bits per heavy atom. The Labute approximate surface area is 145 Å². The highest BCUT2D eigenvalue weighted by Gasteiger charge is 2.13. The van der Waals surface area contributed by atoms with Crippen LogP contribution in [0, 0.1) is 0 Å². The molecule has 2 rings (SSSR count). The van der Waals surface area contributed by atoms with Crippen molar-refractivity contribution in [3.8, 4) is 0 Å². The fourth-order valence-electron chi connectivity index (χ4n) is 2.60. The van der Waals surface area contributed by atoms with Gasteiger partial charge in [0.2, 0.25) is 5.91 Å². The van der Waals surface area contributed by atoms with Crippen molar-refractivity contribution in [2.75, 3.05) is 17.2 Å². The second kappa shape index (κ2) is 7.52. The molecule has 0 saturated heterocycles. The number of anilines is 2. The van der Waals surface area contributed by atoms with Crippen molar-refractivity contribution < 1.29 is 4.79 Å². The van der Waals surface area contributed by atoms with Crippen LogP contribution in [0.1, 0.15) is 51.7 Å². The van der Waals surface area contributed by atoms with Crippen molar-refractivity contribution in [3.05, 3.63) is 59.7 Å². The topological polar surface area (TPSA) is 41.1 Å². The van der Waals surface area contributed by atoms with Crippen molar-refractivity contribution in [2.24, 2.45) is 0 Å². The molecule has 0 heterocycles. The van der Waals surface area contributed by atoms with Gasteiger partial charge in [0, 0.05) is 11.4 Å². The van der Waals surface area contributed by atoms with Crippen LogP contribution in [0.3, 0.4) is 0 Å². The standard InChI is InChI=1S/C21H28N2O/c1-15(2)18-8-6-7-9-19(18)22-14-20(24)23-17-12-10-16(11-13-17)21(3,4)5/h6-13,15,22H,14H2,1-5H3,(H,23,24). The molecule has 0 fully saturated rings. The smallest absolute Gasteiger partial charge is 0.243 e. The number of carbonyl (C=O) groups excluding carboxylic acids is 1. The molecule has 0 aliphatic rings. The third kappa shape index (κ3) is 4.85. The number of hydrogen-bond acceptors (Lipinski definition) is 2. The van der Waals surface area contributed by atoms with E-state index >= 15 is 0 Å². The number of amides is 1. The first-order valence-electron chi connectivity index (χ1n) is 8.50. The van der Waals surface area contributed by atoms with Crippen LogP contribution in [-0.4, -0.2) is 12.5 Å². The van der Waals surface area contributed by atoms with Crippen molar-refractivity contribution >= 4 is 17.3 Å². The summed E-state index contributed by atoms with van der Waals surface area (Å²) in [5.41, 5.74) is 4.44. The molecular weight excluding hydrogens is 296 g/mol. The number of para-hydroxylation sites is 1. The molecular formula is C21H28N2O. The number of benzene rings is 2. The largest absolute Gasteiger partial charge is 0.376 e. The first-order chi connectivity index (χ1) is 11.3. The summed E-state index contributed by atoms with van der Waals surface area (Å²) in [5.74, 6) is 0.374. The molecule has 24 heavy (non-hydrogen) atoms. The van der Waals surface area contributed by atoms with E-state index in [9.17, 15) is 4.79 Å². The van der Waals surface area contributed by atoms with E-state index in [1.54, 1.807) is 0 Å². The zero-order valence-corrected chi connectivity index (χ0v) is 15.3. The molecule has 0 saturated carbocycles. The molecule has 1 amide bonds. The first kappa shape index (κ1) is 18.1. The summed E-state index contributed by atoms with van der Waals surface area (Å²) in [6.45, 7) is 11.1. The van der Waals surface area contributed by atoms with Crippen molar-refractivity contribution in [3.63, 3.8) is 0 Å². The predicted molar refractivity (Wildman–Crippen MR) is 103 cm³/mol. The minimum absolute atomic E-state index is 0.0444. The molecule has 0 unspecified atom stereocenters. The molecule has 0 radical (unpaired) electrons. The minimum atomic E-state index is -0.0444. The Balaban J connectivity index is 1.95. The van der Waals surface area contributed by atoms with Crippen molar-refractivity contribution in [1.29, 1.82) is 0 Å². The Morgan fingerprint density at radius 1 is 1.00 bits per heavy atom. The van der Waals surface area contributed by atoms with Crippen LogP contribution < -0.4 is 10.6 Å². The van der Waals surface area contributed by atoms with Gasteiger partial charge in [-0.15, -0.1) is 0 Å². The lowest BCUT2D eigenvalue weighted by Gasteiger charge is -2.19. The summed E-state index contributed by atoms with van der Waals surface area (Å²) in [4.78, 5) is 12.2. The Bertz CT molecular complexity index is 682. The number of hydrogen-bond donors (Lipinski definition) is 2. The van der Waals surface area contributed by atoms with E-state index in [1.165, 1.54) is 11.1 Å². The predicted octanol–water partition coefficient (Wildman–Crippen LogP) is 5.16. The maximum Gasteiger partial charge on any atom is 0.243 e. The molecule has 0 atom stereocenters. The van der Waals surface area contributed by atoms with Crippen LogP contribution >= 0.6 is 0 Å². The van der Waals surface area contributed by atoms with E-state index in [0.717, 1.165) is 11.4 Å². The highest BCUT2D eigenvalue weighted by Crippen LogP contribution is 2.24. The quantitative estimate of drug-likeness (QED) is 0.798. The van der Waals surface area contributed by atoms with E-state index in [1.807, 2.05) is 30.3 Å². The molecule has 3 nitrogen and oxygen atoms in total. The normalized spacial score (nSPS) is 11.4. The van der Waals surface area contributed by atoms with Crippen LogP contribution in [-0.2, 0) is 10.2 Å². The summed E-state index contributed by atoms with van der Waals surface area (Å²) >= 11 is 0. The highest BCUT2D eigenvalue weighted by atomic mass is 16.1. The SMILES string of the molecule is CC(C)c1ccccc1NCC(=O)Nc1ccc(C(C)(C)C)cc1. The third-order valence-corrected chi connectivity index (χ3v) is 4.06. The summed E-state index contributed by atoms with van der Waals surface area (Å²) in [6, 6.07) is 16.2. The van der Waals surface area contributed by atoms with Gasteiger partial charge in [0.25, 0.3) is 0 Å². The highest BCUT2D eigenvalue weighted by molar-refractivity contribution is 5.93. The second-order valence-corrected chi connectivity index (χ2v) is 7.47. The van der Waals surface area contributed by atoms with Crippen molar-refractivity contribution in [1.82, 2.24) is 0 Å². The summed E-state index contributed by atoms with van der Waals surface area (Å²) in [5, 5.41) is 6.18. The first-order valence-corrected chi connectivity index (χ1v) is 8.50. The average molecular weight is 324 g/mol. The molecule has 0 aliphatic carbocycles. The van der Waals surface area contributed by atoms with Gasteiger partial charge in [0.05, 0.1) is 6.54 Å². The average Bonchev–Trinajstić information content (AvgIpc) is 2.53. The van der Waals surface area contributed by atoms with E-state index in [0.29, 0.717) is 5.92 Å². The van der Waals surface area contributed by atoms with Gasteiger partial charge in [-0.2, -0.15) is 0 Å². The fourth-order valence-corrected chi connectivity index (χ4v) is 2.60. The van der Waals surface area contributed by atoms with Crippen LogP contribution in [0.4, 0.5) is 11.4 Å². The minimum Gasteiger partial charge on any atom is -0.376 e. The third-order valence-electron chi connectivity index (χ3n) is 4.06. The molecule has 0 bridgehead atoms. The van der Waals surface area contributed by atoms with Crippen LogP contribution in [0.25, 0.3) is 0 Å². The van der Waals surface area contributed by atoms with Crippen LogP contribution in [0.15, 0.2) is 48.5 Å². The summed E-state index contributed by atoms with van der Waals surface area (Å²) in [6.07, 6.45) is 0. The number of carbonyl (C=O) groups is 1. The fraction of sp³-hybridized carbons (Fsp3) is 0.381.